The molecule has 0 bridgehead atoms. The van der Waals surface area contributed by atoms with Gasteiger partial charge in [0.15, 0.2) is 0 Å². The van der Waals surface area contributed by atoms with Crippen molar-refractivity contribution in [1.82, 2.24) is 9.38 Å². The molecule has 0 saturated heterocycles. The molecule has 0 N–H and O–H groups in total. The van der Waals surface area contributed by atoms with E-state index in [-0.39, 0.29) is 5.56 Å². The van der Waals surface area contributed by atoms with Crippen LogP contribution in [0.1, 0.15) is 25.0 Å². The largest absolute Gasteiger partial charge is 0.268 e. The number of nitrogens with zero attached hydrogens (tertiary/aromatic N) is 2. The van der Waals surface area contributed by atoms with Crippen LogP contribution in [-0.2, 0) is 6.42 Å². The van der Waals surface area contributed by atoms with Gasteiger partial charge in [-0.25, -0.2) is 4.98 Å². The van der Waals surface area contributed by atoms with Crippen LogP contribution < -0.4 is 5.56 Å². The summed E-state index contributed by atoms with van der Waals surface area (Å²) in [6.45, 7) is 0. The van der Waals surface area contributed by atoms with Gasteiger partial charge in [-0.05, 0) is 36.5 Å². The Hall–Kier alpha value is -2.42. The van der Waals surface area contributed by atoms with Gasteiger partial charge in [0.2, 0.25) is 0 Å². The van der Waals surface area contributed by atoms with Crippen molar-refractivity contribution in [3.63, 3.8) is 0 Å². The fraction of sp³-hybridized carbons (Fsp3) is 0.263. The van der Waals surface area contributed by atoms with Crippen LogP contribution in [0.15, 0.2) is 59.5 Å². The predicted molar refractivity (Wildman–Crippen MR) is 87.9 cm³/mol. The van der Waals surface area contributed by atoms with Gasteiger partial charge >= 0.3 is 0 Å². The van der Waals surface area contributed by atoms with E-state index in [1.165, 1.54) is 12.8 Å². The number of fused-ring (bicyclic) bond motifs is 1. The summed E-state index contributed by atoms with van der Waals surface area (Å²) in [7, 11) is 0. The Bertz CT molecular complexity index is 863. The smallest absolute Gasteiger partial charge is 0.265 e. The third kappa shape index (κ3) is 2.43. The Kier molecular flexibility index (Phi) is 3.26. The Morgan fingerprint density at radius 2 is 1.82 bits per heavy atom. The maximum absolute atomic E-state index is 12.9. The molecule has 3 nitrogen and oxygen atoms in total. The molecule has 0 spiro atoms. The van der Waals surface area contributed by atoms with Crippen LogP contribution in [0.2, 0.25) is 0 Å². The number of aromatic nitrogens is 2. The molecule has 2 heterocycles. The molecule has 0 aliphatic heterocycles. The molecule has 0 radical (unpaired) electrons. The first-order chi connectivity index (χ1) is 10.8. The van der Waals surface area contributed by atoms with Crippen molar-refractivity contribution in [2.45, 2.75) is 25.7 Å². The van der Waals surface area contributed by atoms with Crippen molar-refractivity contribution in [2.24, 2.45) is 5.92 Å². The molecule has 4 rings (SSSR count). The van der Waals surface area contributed by atoms with E-state index in [1.54, 1.807) is 10.6 Å². The van der Waals surface area contributed by atoms with E-state index in [0.717, 1.165) is 41.2 Å². The number of hydrogen-bond acceptors (Lipinski definition) is 2. The van der Waals surface area contributed by atoms with E-state index in [0.29, 0.717) is 0 Å². The van der Waals surface area contributed by atoms with Gasteiger partial charge in [-0.2, -0.15) is 0 Å². The average Bonchev–Trinajstić information content (AvgIpc) is 3.38. The second-order valence-electron chi connectivity index (χ2n) is 6.02. The van der Waals surface area contributed by atoms with Crippen LogP contribution in [0.25, 0.3) is 16.8 Å². The molecule has 0 unspecified atom stereocenters. The lowest BCUT2D eigenvalue weighted by Gasteiger charge is -2.11. The third-order valence-electron chi connectivity index (χ3n) is 4.36. The molecule has 0 amide bonds. The molecule has 3 heteroatoms. The average molecular weight is 290 g/mol. The second kappa shape index (κ2) is 5.41. The Labute approximate surface area is 129 Å². The van der Waals surface area contributed by atoms with E-state index in [9.17, 15) is 4.79 Å². The van der Waals surface area contributed by atoms with Gasteiger partial charge in [0.25, 0.3) is 5.56 Å². The molecule has 22 heavy (non-hydrogen) atoms. The zero-order chi connectivity index (χ0) is 14.9. The van der Waals surface area contributed by atoms with E-state index in [2.05, 4.69) is 0 Å². The lowest BCUT2D eigenvalue weighted by molar-refractivity contribution is 0.713. The summed E-state index contributed by atoms with van der Waals surface area (Å²) in [6.07, 6.45) is 6.47. The van der Waals surface area contributed by atoms with Crippen LogP contribution in [0.4, 0.5) is 0 Å². The Morgan fingerprint density at radius 1 is 1.05 bits per heavy atom. The molecule has 1 aliphatic rings. The zero-order valence-corrected chi connectivity index (χ0v) is 12.4. The van der Waals surface area contributed by atoms with Gasteiger partial charge < -0.3 is 0 Å². The van der Waals surface area contributed by atoms with Gasteiger partial charge in [0, 0.05) is 6.20 Å². The minimum absolute atomic E-state index is 0.0302. The summed E-state index contributed by atoms with van der Waals surface area (Å²) < 4.78 is 1.64. The van der Waals surface area contributed by atoms with E-state index >= 15 is 0 Å². The summed E-state index contributed by atoms with van der Waals surface area (Å²) in [4.78, 5) is 17.7. The molecule has 0 atom stereocenters. The maximum Gasteiger partial charge on any atom is 0.265 e. The van der Waals surface area contributed by atoms with Gasteiger partial charge in [-0.15, -0.1) is 0 Å². The standard InChI is InChI=1S/C19H18N2O/c22-19-18(15-6-2-1-3-7-15)16(12-11-14-9-10-14)20-17-8-4-5-13-21(17)19/h1-8,13-14H,9-12H2. The molecule has 2 aromatic heterocycles. The number of aryl methyl sites for hydroxylation is 1. The maximum atomic E-state index is 12.9. The molecular weight excluding hydrogens is 272 g/mol. The van der Waals surface area contributed by atoms with Gasteiger partial charge in [-0.1, -0.05) is 49.2 Å². The van der Waals surface area contributed by atoms with Crippen molar-refractivity contribution in [2.75, 3.05) is 0 Å². The highest BCUT2D eigenvalue weighted by Crippen LogP contribution is 2.34. The third-order valence-corrected chi connectivity index (χ3v) is 4.36. The van der Waals surface area contributed by atoms with Crippen LogP contribution in [-0.4, -0.2) is 9.38 Å². The van der Waals surface area contributed by atoms with Gasteiger partial charge in [-0.3, -0.25) is 9.20 Å². The quantitative estimate of drug-likeness (QED) is 0.734. The number of benzene rings is 1. The van der Waals surface area contributed by atoms with Crippen molar-refractivity contribution in [3.8, 4) is 11.1 Å². The lowest BCUT2D eigenvalue weighted by atomic mass is 10.0. The lowest BCUT2D eigenvalue weighted by Crippen LogP contribution is -2.19. The molecule has 1 aliphatic carbocycles. The number of hydrogen-bond donors (Lipinski definition) is 0. The molecule has 110 valence electrons. The highest BCUT2D eigenvalue weighted by atomic mass is 16.1. The summed E-state index contributed by atoms with van der Waals surface area (Å²) in [6, 6.07) is 15.6. The minimum Gasteiger partial charge on any atom is -0.268 e. The predicted octanol–water partition coefficient (Wildman–Crippen LogP) is 3.70. The van der Waals surface area contributed by atoms with E-state index in [1.807, 2.05) is 48.5 Å². The minimum atomic E-state index is 0.0302. The highest BCUT2D eigenvalue weighted by Gasteiger charge is 2.22. The number of pyridine rings is 1. The van der Waals surface area contributed by atoms with Crippen molar-refractivity contribution >= 4 is 5.65 Å². The summed E-state index contributed by atoms with van der Waals surface area (Å²) in [5.74, 6) is 0.833. The zero-order valence-electron chi connectivity index (χ0n) is 12.4. The molecule has 3 aromatic rings. The molecule has 1 saturated carbocycles. The SMILES string of the molecule is O=c1c(-c2ccccc2)c(CCC2CC2)nc2ccccn12. The monoisotopic (exact) mass is 290 g/mol. The summed E-state index contributed by atoms with van der Waals surface area (Å²) >= 11 is 0. The Balaban J connectivity index is 1.91. The first-order valence-corrected chi connectivity index (χ1v) is 7.88. The van der Waals surface area contributed by atoms with Crippen LogP contribution in [0.5, 0.6) is 0 Å². The normalized spacial score (nSPS) is 14.4. The van der Waals surface area contributed by atoms with Crippen LogP contribution >= 0.6 is 0 Å². The van der Waals surface area contributed by atoms with E-state index in [4.69, 9.17) is 4.98 Å². The van der Waals surface area contributed by atoms with Gasteiger partial charge in [0.1, 0.15) is 5.65 Å². The first kappa shape index (κ1) is 13.3. The van der Waals surface area contributed by atoms with Crippen molar-refractivity contribution < 1.29 is 0 Å². The van der Waals surface area contributed by atoms with Crippen LogP contribution in [0.3, 0.4) is 0 Å². The van der Waals surface area contributed by atoms with Crippen LogP contribution in [0, 0.1) is 5.92 Å². The summed E-state index contributed by atoms with van der Waals surface area (Å²) in [5.41, 5.74) is 3.42. The fourth-order valence-electron chi connectivity index (χ4n) is 2.96. The Morgan fingerprint density at radius 3 is 2.59 bits per heavy atom. The van der Waals surface area contributed by atoms with Gasteiger partial charge in [0.05, 0.1) is 11.3 Å². The molecule has 1 fully saturated rings. The first-order valence-electron chi connectivity index (χ1n) is 7.88. The molecular formula is C19H18N2O. The molecule has 1 aromatic carbocycles. The second-order valence-corrected chi connectivity index (χ2v) is 6.02. The van der Waals surface area contributed by atoms with E-state index < -0.39 is 0 Å². The summed E-state index contributed by atoms with van der Waals surface area (Å²) in [5, 5.41) is 0. The highest BCUT2D eigenvalue weighted by molar-refractivity contribution is 5.66. The van der Waals surface area contributed by atoms with Crippen molar-refractivity contribution in [1.29, 1.82) is 0 Å². The van der Waals surface area contributed by atoms with Crippen molar-refractivity contribution in [3.05, 3.63) is 70.8 Å². The fourth-order valence-corrected chi connectivity index (χ4v) is 2.96. The number of rotatable bonds is 4. The topological polar surface area (TPSA) is 34.4 Å².